The second-order valence-electron chi connectivity index (χ2n) is 11.1. The maximum atomic E-state index is 13.4. The van der Waals surface area contributed by atoms with E-state index in [0.29, 0.717) is 44.2 Å². The van der Waals surface area contributed by atoms with Gasteiger partial charge in [0.15, 0.2) is 5.65 Å². The monoisotopic (exact) mass is 587 g/mol. The van der Waals surface area contributed by atoms with Crippen LogP contribution in [0.25, 0.3) is 16.8 Å². The Morgan fingerprint density at radius 1 is 0.932 bits per heavy atom. The van der Waals surface area contributed by atoms with Gasteiger partial charge in [-0.2, -0.15) is 0 Å². The van der Waals surface area contributed by atoms with E-state index in [2.05, 4.69) is 26.7 Å². The summed E-state index contributed by atoms with van der Waals surface area (Å²) in [6, 6.07) is 19.5. The summed E-state index contributed by atoms with van der Waals surface area (Å²) in [6.07, 6.45) is 9.20. The highest BCUT2D eigenvalue weighted by molar-refractivity contribution is 6.03. The van der Waals surface area contributed by atoms with Gasteiger partial charge in [0.05, 0.1) is 24.5 Å². The molecular weight excluding hydrogens is 554 g/mol. The molecule has 2 aliphatic heterocycles. The van der Waals surface area contributed by atoms with Gasteiger partial charge < -0.3 is 24.7 Å². The van der Waals surface area contributed by atoms with Crippen molar-refractivity contribution in [2.75, 3.05) is 48.4 Å². The van der Waals surface area contributed by atoms with Gasteiger partial charge in [-0.05, 0) is 66.8 Å². The van der Waals surface area contributed by atoms with Gasteiger partial charge >= 0.3 is 6.03 Å². The van der Waals surface area contributed by atoms with Gasteiger partial charge in [-0.15, -0.1) is 0 Å². The van der Waals surface area contributed by atoms with Crippen LogP contribution in [0.2, 0.25) is 0 Å². The van der Waals surface area contributed by atoms with Crippen molar-refractivity contribution >= 4 is 40.5 Å². The van der Waals surface area contributed by atoms with Crippen LogP contribution in [0.5, 0.6) is 0 Å². The smallest absolute Gasteiger partial charge is 0.326 e. The van der Waals surface area contributed by atoms with Crippen LogP contribution in [0.4, 0.5) is 27.7 Å². The maximum Gasteiger partial charge on any atom is 0.326 e. The number of para-hydroxylation sites is 1. The number of carbonyl (C=O) groups excluding carboxylic acids is 2. The summed E-state index contributed by atoms with van der Waals surface area (Å²) in [6.45, 7) is 4.98. The third-order valence-corrected chi connectivity index (χ3v) is 8.30. The van der Waals surface area contributed by atoms with E-state index in [1.54, 1.807) is 29.4 Å². The quantitative estimate of drug-likeness (QED) is 0.265. The summed E-state index contributed by atoms with van der Waals surface area (Å²) in [7, 11) is 0. The molecule has 0 radical (unpaired) electrons. The first-order chi connectivity index (χ1) is 21.5. The van der Waals surface area contributed by atoms with Crippen molar-refractivity contribution < 1.29 is 14.3 Å². The van der Waals surface area contributed by atoms with E-state index in [1.165, 1.54) is 5.56 Å². The number of anilines is 4. The lowest BCUT2D eigenvalue weighted by Crippen LogP contribution is -2.40. The minimum absolute atomic E-state index is 0.0445. The number of rotatable bonds is 5. The van der Waals surface area contributed by atoms with Gasteiger partial charge in [0.2, 0.25) is 0 Å². The number of nitrogens with zero attached hydrogens (tertiary/aromatic N) is 5. The first-order valence-electron chi connectivity index (χ1n) is 14.9. The molecule has 0 bridgehead atoms. The fourth-order valence-electron chi connectivity index (χ4n) is 5.96. The predicted molar refractivity (Wildman–Crippen MR) is 171 cm³/mol. The number of hydrogen-bond acceptors (Lipinski definition) is 6. The number of fused-ring (bicyclic) bond motifs is 2. The average Bonchev–Trinajstić information content (AvgIpc) is 3.55. The fraction of sp³-hybridized carbons (Fsp3) is 0.235. The van der Waals surface area contributed by atoms with Gasteiger partial charge in [0, 0.05) is 61.4 Å². The number of morpholine rings is 1. The lowest BCUT2D eigenvalue weighted by atomic mass is 10.00. The summed E-state index contributed by atoms with van der Waals surface area (Å²) in [5.74, 6) is 0.557. The van der Waals surface area contributed by atoms with Crippen LogP contribution in [0.3, 0.4) is 0 Å². The second kappa shape index (κ2) is 11.8. The lowest BCUT2D eigenvalue weighted by molar-refractivity contribution is 0.0302. The number of aryl methyl sites for hydroxylation is 1. The number of benzene rings is 2. The molecule has 5 aromatic rings. The molecule has 0 aliphatic carbocycles. The molecule has 2 aliphatic rings. The number of pyridine rings is 2. The zero-order chi connectivity index (χ0) is 30.0. The Morgan fingerprint density at radius 3 is 2.64 bits per heavy atom. The van der Waals surface area contributed by atoms with Crippen molar-refractivity contribution in [3.05, 3.63) is 102 Å². The number of imidazole rings is 1. The Morgan fingerprint density at radius 2 is 1.80 bits per heavy atom. The lowest BCUT2D eigenvalue weighted by Gasteiger charge is -2.29. The molecule has 0 spiro atoms. The number of aromatic nitrogens is 3. The fourth-order valence-corrected chi connectivity index (χ4v) is 5.96. The molecule has 10 heteroatoms. The van der Waals surface area contributed by atoms with E-state index in [1.807, 2.05) is 71.1 Å². The Balaban J connectivity index is 1.14. The topological polar surface area (TPSA) is 104 Å². The SMILES string of the molecule is Cc1c(NC(=O)N2CCCc3ccccc32)cccc1-c1cc(Nc2ccc(C(=O)N3CCOCC3)cn2)c2nccn2c1. The average molecular weight is 588 g/mol. The van der Waals surface area contributed by atoms with E-state index in [0.717, 1.165) is 52.2 Å². The van der Waals surface area contributed by atoms with Gasteiger partial charge in [0.25, 0.3) is 5.91 Å². The van der Waals surface area contributed by atoms with E-state index >= 15 is 0 Å². The number of nitrogens with one attached hydrogen (secondary N) is 2. The molecule has 222 valence electrons. The highest BCUT2D eigenvalue weighted by Crippen LogP contribution is 2.33. The third kappa shape index (κ3) is 5.35. The molecule has 3 amide bonds. The van der Waals surface area contributed by atoms with E-state index in [-0.39, 0.29) is 11.9 Å². The Bertz CT molecular complexity index is 1840. The number of urea groups is 1. The molecule has 44 heavy (non-hydrogen) atoms. The van der Waals surface area contributed by atoms with E-state index in [4.69, 9.17) is 4.74 Å². The summed E-state index contributed by atoms with van der Waals surface area (Å²) < 4.78 is 7.32. The van der Waals surface area contributed by atoms with E-state index in [9.17, 15) is 9.59 Å². The van der Waals surface area contributed by atoms with Crippen molar-refractivity contribution in [3.63, 3.8) is 0 Å². The van der Waals surface area contributed by atoms with Crippen LogP contribution >= 0.6 is 0 Å². The number of hydrogen-bond donors (Lipinski definition) is 2. The minimum atomic E-state index is -0.133. The summed E-state index contributed by atoms with van der Waals surface area (Å²) in [4.78, 5) is 39.0. The van der Waals surface area contributed by atoms with Crippen molar-refractivity contribution in [2.24, 2.45) is 0 Å². The first-order valence-corrected chi connectivity index (χ1v) is 14.9. The maximum absolute atomic E-state index is 13.4. The standard InChI is InChI=1S/C34H33N7O3/c1-23-27(8-4-9-28(23)38-34(43)41-14-5-7-24-6-2-3-10-30(24)41)26-20-29(32-35-13-15-40(32)22-26)37-31-12-11-25(21-36-31)33(42)39-16-18-44-19-17-39/h2-4,6,8-13,15,20-22H,5,7,14,16-19H2,1H3,(H,36,37)(H,38,43). The summed E-state index contributed by atoms with van der Waals surface area (Å²) in [5.41, 5.74) is 7.88. The van der Waals surface area contributed by atoms with Crippen LogP contribution < -0.4 is 15.5 Å². The molecule has 0 unspecified atom stereocenters. The molecule has 5 heterocycles. The van der Waals surface area contributed by atoms with Crippen molar-refractivity contribution in [2.45, 2.75) is 19.8 Å². The summed E-state index contributed by atoms with van der Waals surface area (Å²) >= 11 is 0. The van der Waals surface area contributed by atoms with Gasteiger partial charge in [-0.3, -0.25) is 9.69 Å². The largest absolute Gasteiger partial charge is 0.378 e. The molecule has 3 aromatic heterocycles. The molecule has 10 nitrogen and oxygen atoms in total. The van der Waals surface area contributed by atoms with Crippen LogP contribution in [0.15, 0.2) is 85.5 Å². The van der Waals surface area contributed by atoms with Crippen molar-refractivity contribution in [1.29, 1.82) is 0 Å². The first kappa shape index (κ1) is 27.6. The summed E-state index contributed by atoms with van der Waals surface area (Å²) in [5, 5.41) is 6.55. The Labute approximate surface area is 255 Å². The molecule has 2 N–H and O–H groups in total. The number of carbonyl (C=O) groups is 2. The molecular formula is C34H33N7O3. The molecule has 1 fully saturated rings. The number of amides is 3. The minimum Gasteiger partial charge on any atom is -0.378 e. The molecule has 0 atom stereocenters. The van der Waals surface area contributed by atoms with Crippen molar-refractivity contribution in [1.82, 2.24) is 19.3 Å². The van der Waals surface area contributed by atoms with Crippen LogP contribution in [0.1, 0.15) is 27.9 Å². The Kier molecular flexibility index (Phi) is 7.41. The van der Waals surface area contributed by atoms with Crippen LogP contribution in [-0.2, 0) is 11.2 Å². The van der Waals surface area contributed by atoms with Gasteiger partial charge in [0.1, 0.15) is 5.82 Å². The molecule has 1 saturated heterocycles. The second-order valence-corrected chi connectivity index (χ2v) is 11.1. The van der Waals surface area contributed by atoms with Gasteiger partial charge in [-0.25, -0.2) is 14.8 Å². The molecule has 2 aromatic carbocycles. The highest BCUT2D eigenvalue weighted by Gasteiger charge is 2.23. The van der Waals surface area contributed by atoms with Gasteiger partial charge in [-0.1, -0.05) is 30.3 Å². The van der Waals surface area contributed by atoms with Crippen molar-refractivity contribution in [3.8, 4) is 11.1 Å². The van der Waals surface area contributed by atoms with E-state index < -0.39 is 0 Å². The Hall–Kier alpha value is -5.22. The van der Waals surface area contributed by atoms with Crippen LogP contribution in [-0.4, -0.2) is 64.1 Å². The zero-order valence-electron chi connectivity index (χ0n) is 24.5. The normalized spacial score (nSPS) is 14.8. The molecule has 0 saturated carbocycles. The molecule has 7 rings (SSSR count). The zero-order valence-corrected chi connectivity index (χ0v) is 24.5. The van der Waals surface area contributed by atoms with Crippen LogP contribution in [0, 0.1) is 6.92 Å². The third-order valence-electron chi connectivity index (χ3n) is 8.30. The number of ether oxygens (including phenoxy) is 1. The predicted octanol–water partition coefficient (Wildman–Crippen LogP) is 5.91. The highest BCUT2D eigenvalue weighted by atomic mass is 16.5.